The van der Waals surface area contributed by atoms with E-state index < -0.39 is 21.7 Å². The molecule has 0 aliphatic heterocycles. The van der Waals surface area contributed by atoms with Crippen molar-refractivity contribution in [2.45, 2.75) is 13.8 Å². The van der Waals surface area contributed by atoms with Crippen molar-refractivity contribution in [3.8, 4) is 0 Å². The Morgan fingerprint density at radius 3 is 1.31 bits per heavy atom. The third kappa shape index (κ3) is 4.93. The number of nitrogens with one attached hydrogen (secondary N) is 2. The summed E-state index contributed by atoms with van der Waals surface area (Å²) in [5.41, 5.74) is 1.37. The minimum Gasteiger partial charge on any atom is -0.316 e. The van der Waals surface area contributed by atoms with Crippen LogP contribution in [0.2, 0.25) is 0 Å². The first-order valence-electron chi connectivity index (χ1n) is 9.38. The quantitative estimate of drug-likeness (QED) is 0.428. The fourth-order valence-corrected chi connectivity index (χ4v) is 2.96. The van der Waals surface area contributed by atoms with Gasteiger partial charge in [0.15, 0.2) is 0 Å². The van der Waals surface area contributed by atoms with Gasteiger partial charge in [-0.05, 0) is 61.4 Å². The average molecular weight is 434 g/mol. The van der Waals surface area contributed by atoms with Crippen LogP contribution in [-0.2, 0) is 0 Å². The first-order chi connectivity index (χ1) is 15.2. The monoisotopic (exact) mass is 434 g/mol. The van der Waals surface area contributed by atoms with Crippen LogP contribution in [0.5, 0.6) is 0 Å². The zero-order valence-corrected chi connectivity index (χ0v) is 17.1. The van der Waals surface area contributed by atoms with Crippen molar-refractivity contribution in [2.75, 3.05) is 10.6 Å². The van der Waals surface area contributed by atoms with Gasteiger partial charge in [-0.2, -0.15) is 0 Å². The second kappa shape index (κ2) is 9.04. The number of hydrogen-bond donors (Lipinski definition) is 2. The highest BCUT2D eigenvalue weighted by Gasteiger charge is 2.19. The summed E-state index contributed by atoms with van der Waals surface area (Å²) in [6, 6.07) is 14.4. The molecule has 162 valence electrons. The number of rotatable bonds is 6. The van der Waals surface area contributed by atoms with Crippen molar-refractivity contribution >= 4 is 34.6 Å². The molecule has 0 aromatic heterocycles. The first-order valence-corrected chi connectivity index (χ1v) is 9.38. The standard InChI is InChI=1S/C22H18N4O6/c1-13-3-9-17(19(11-13)25(29)30)23-21(27)15-5-7-16(8-6-15)22(28)24-18-10-4-14(2)12-20(18)26(31)32/h3-12H,1-2H3,(H,23,27)(H,24,28). The highest BCUT2D eigenvalue weighted by Crippen LogP contribution is 2.27. The summed E-state index contributed by atoms with van der Waals surface area (Å²) < 4.78 is 0. The Hall–Kier alpha value is -4.60. The lowest BCUT2D eigenvalue weighted by molar-refractivity contribution is -0.384. The van der Waals surface area contributed by atoms with E-state index in [2.05, 4.69) is 10.6 Å². The molecule has 0 fully saturated rings. The van der Waals surface area contributed by atoms with Crippen molar-refractivity contribution < 1.29 is 19.4 Å². The smallest absolute Gasteiger partial charge is 0.293 e. The van der Waals surface area contributed by atoms with Crippen molar-refractivity contribution in [3.05, 3.63) is 103 Å². The van der Waals surface area contributed by atoms with Crippen LogP contribution in [0.3, 0.4) is 0 Å². The maximum absolute atomic E-state index is 12.5. The normalized spacial score (nSPS) is 10.3. The van der Waals surface area contributed by atoms with E-state index in [1.165, 1.54) is 48.5 Å². The number of carbonyl (C=O) groups excluding carboxylic acids is 2. The molecule has 0 aliphatic rings. The van der Waals surface area contributed by atoms with Gasteiger partial charge in [-0.25, -0.2) is 0 Å². The number of aryl methyl sites for hydroxylation is 2. The summed E-state index contributed by atoms with van der Waals surface area (Å²) in [5.74, 6) is -1.17. The molecule has 0 unspecified atom stereocenters. The van der Waals surface area contributed by atoms with E-state index in [1.807, 2.05) is 0 Å². The Morgan fingerprint density at radius 1 is 0.656 bits per heavy atom. The zero-order valence-electron chi connectivity index (χ0n) is 17.1. The van der Waals surface area contributed by atoms with Gasteiger partial charge < -0.3 is 10.6 Å². The summed E-state index contributed by atoms with van der Waals surface area (Å²) in [4.78, 5) is 46.2. The molecule has 32 heavy (non-hydrogen) atoms. The summed E-state index contributed by atoms with van der Waals surface area (Å²) >= 11 is 0. The molecule has 0 heterocycles. The molecule has 2 N–H and O–H groups in total. The van der Waals surface area contributed by atoms with Crippen molar-refractivity contribution in [1.82, 2.24) is 0 Å². The zero-order chi connectivity index (χ0) is 23.4. The lowest BCUT2D eigenvalue weighted by Gasteiger charge is -2.09. The molecule has 3 rings (SSSR count). The van der Waals surface area contributed by atoms with Gasteiger partial charge in [-0.3, -0.25) is 29.8 Å². The van der Waals surface area contributed by atoms with Gasteiger partial charge in [0, 0.05) is 23.3 Å². The van der Waals surface area contributed by atoms with E-state index in [1.54, 1.807) is 26.0 Å². The van der Waals surface area contributed by atoms with E-state index in [0.717, 1.165) is 0 Å². The third-order valence-electron chi connectivity index (χ3n) is 4.61. The summed E-state index contributed by atoms with van der Waals surface area (Å²) in [6.07, 6.45) is 0. The molecule has 10 heteroatoms. The SMILES string of the molecule is Cc1ccc(NC(=O)c2ccc(C(=O)Nc3ccc(C)cc3[N+](=O)[O-])cc2)c([N+](=O)[O-])c1. The van der Waals surface area contributed by atoms with E-state index in [9.17, 15) is 29.8 Å². The number of nitro benzene ring substituents is 2. The van der Waals surface area contributed by atoms with Crippen molar-refractivity contribution in [2.24, 2.45) is 0 Å². The maximum Gasteiger partial charge on any atom is 0.293 e. The van der Waals surface area contributed by atoms with Gasteiger partial charge >= 0.3 is 0 Å². The van der Waals surface area contributed by atoms with E-state index >= 15 is 0 Å². The Labute approximate surface area is 182 Å². The number of benzene rings is 3. The fraction of sp³-hybridized carbons (Fsp3) is 0.0909. The van der Waals surface area contributed by atoms with E-state index in [-0.39, 0.29) is 33.9 Å². The van der Waals surface area contributed by atoms with Crippen LogP contribution in [0.15, 0.2) is 60.7 Å². The second-order valence-electron chi connectivity index (χ2n) is 7.04. The number of nitrogens with zero attached hydrogens (tertiary/aromatic N) is 2. The third-order valence-corrected chi connectivity index (χ3v) is 4.61. The Balaban J connectivity index is 1.75. The van der Waals surface area contributed by atoms with Gasteiger partial charge in [-0.1, -0.05) is 12.1 Å². The van der Waals surface area contributed by atoms with Gasteiger partial charge in [-0.15, -0.1) is 0 Å². The van der Waals surface area contributed by atoms with Crippen LogP contribution in [0.25, 0.3) is 0 Å². The lowest BCUT2D eigenvalue weighted by atomic mass is 10.1. The van der Waals surface area contributed by atoms with Crippen LogP contribution in [-0.4, -0.2) is 21.7 Å². The molecule has 2 amide bonds. The maximum atomic E-state index is 12.5. The average Bonchev–Trinajstić information content (AvgIpc) is 2.75. The molecule has 0 spiro atoms. The topological polar surface area (TPSA) is 144 Å². The second-order valence-corrected chi connectivity index (χ2v) is 7.04. The fourth-order valence-electron chi connectivity index (χ4n) is 2.96. The van der Waals surface area contributed by atoms with Gasteiger partial charge in [0.1, 0.15) is 11.4 Å². The highest BCUT2D eigenvalue weighted by molar-refractivity contribution is 6.08. The van der Waals surface area contributed by atoms with E-state index in [4.69, 9.17) is 0 Å². The van der Waals surface area contributed by atoms with Gasteiger partial charge in [0.25, 0.3) is 23.2 Å². The molecule has 0 saturated heterocycles. The van der Waals surface area contributed by atoms with Crippen LogP contribution in [0.1, 0.15) is 31.8 Å². The molecule has 0 saturated carbocycles. The number of carbonyl (C=O) groups is 2. The molecule has 0 atom stereocenters. The Morgan fingerprint density at radius 2 is 1.00 bits per heavy atom. The summed E-state index contributed by atoms with van der Waals surface area (Å²) in [5, 5.41) is 27.4. The van der Waals surface area contributed by atoms with Gasteiger partial charge in [0.2, 0.25) is 0 Å². The van der Waals surface area contributed by atoms with E-state index in [0.29, 0.717) is 11.1 Å². The first kappa shape index (κ1) is 22.1. The molecule has 0 aliphatic carbocycles. The predicted molar refractivity (Wildman–Crippen MR) is 118 cm³/mol. The lowest BCUT2D eigenvalue weighted by Crippen LogP contribution is -2.15. The number of amides is 2. The van der Waals surface area contributed by atoms with Crippen LogP contribution in [0, 0.1) is 34.1 Å². The number of anilines is 2. The Kier molecular flexibility index (Phi) is 6.24. The van der Waals surface area contributed by atoms with Crippen molar-refractivity contribution in [1.29, 1.82) is 0 Å². The molecular formula is C22H18N4O6. The minimum absolute atomic E-state index is 0.0547. The van der Waals surface area contributed by atoms with Crippen molar-refractivity contribution in [3.63, 3.8) is 0 Å². The molecule has 3 aromatic carbocycles. The number of nitro groups is 2. The minimum atomic E-state index is -0.585. The molecular weight excluding hydrogens is 416 g/mol. The summed E-state index contributed by atoms with van der Waals surface area (Å²) in [6.45, 7) is 3.40. The molecule has 0 bridgehead atoms. The largest absolute Gasteiger partial charge is 0.316 e. The number of hydrogen-bond acceptors (Lipinski definition) is 6. The summed E-state index contributed by atoms with van der Waals surface area (Å²) in [7, 11) is 0. The highest BCUT2D eigenvalue weighted by atomic mass is 16.6. The van der Waals surface area contributed by atoms with Gasteiger partial charge in [0.05, 0.1) is 9.85 Å². The van der Waals surface area contributed by atoms with Crippen LogP contribution >= 0.6 is 0 Å². The predicted octanol–water partition coefficient (Wildman–Crippen LogP) is 4.62. The molecule has 0 radical (unpaired) electrons. The Bertz CT molecular complexity index is 1140. The molecule has 3 aromatic rings. The van der Waals surface area contributed by atoms with Crippen LogP contribution in [0.4, 0.5) is 22.7 Å². The van der Waals surface area contributed by atoms with Crippen LogP contribution < -0.4 is 10.6 Å². The molecule has 10 nitrogen and oxygen atoms in total.